The van der Waals surface area contributed by atoms with Crippen LogP contribution >= 0.6 is 0 Å². The van der Waals surface area contributed by atoms with E-state index in [2.05, 4.69) is 20.8 Å². The van der Waals surface area contributed by atoms with Gasteiger partial charge in [-0.15, -0.1) is 0 Å². The summed E-state index contributed by atoms with van der Waals surface area (Å²) in [5.41, 5.74) is 0.630. The number of aliphatic hydroxyl groups excluding tert-OH is 2. The maximum Gasteiger partial charge on any atom is 0.305 e. The number of carbonyl (C=O) groups is 1. The van der Waals surface area contributed by atoms with Crippen LogP contribution in [0, 0.1) is 53.3 Å². The number of benzene rings is 1. The molecule has 224 valence electrons. The van der Waals surface area contributed by atoms with Gasteiger partial charge in [0.15, 0.2) is 0 Å². The first-order valence-corrected chi connectivity index (χ1v) is 16.6. The second-order valence-corrected chi connectivity index (χ2v) is 15.5. The van der Waals surface area contributed by atoms with Crippen LogP contribution in [0.2, 0.25) is 0 Å². The molecule has 4 aliphatic carbocycles. The number of aliphatic hydroxyl groups is 2. The van der Waals surface area contributed by atoms with E-state index in [0.717, 1.165) is 31.2 Å². The fraction of sp³-hybridized carbons (Fsp3) is 0.781. The quantitative estimate of drug-likeness (QED) is 0.337. The van der Waals surface area contributed by atoms with Crippen LogP contribution in [0.15, 0.2) is 29.2 Å². The Kier molecular flexibility index (Phi) is 8.23. The third-order valence-electron chi connectivity index (χ3n) is 12.1. The maximum absolute atomic E-state index is 13.0. The summed E-state index contributed by atoms with van der Waals surface area (Å²) in [7, 11) is -2.44. The topological polar surface area (TPSA) is 110 Å². The summed E-state index contributed by atoms with van der Waals surface area (Å²) >= 11 is 0. The molecular formula is C32H48O7S. The highest BCUT2D eigenvalue weighted by atomic mass is 32.2. The molecule has 2 N–H and O–H groups in total. The van der Waals surface area contributed by atoms with E-state index in [1.54, 1.807) is 24.3 Å². The Morgan fingerprint density at radius 1 is 1.05 bits per heavy atom. The summed E-state index contributed by atoms with van der Waals surface area (Å²) in [6.07, 6.45) is 5.18. The number of rotatable bonds is 7. The van der Waals surface area contributed by atoms with Crippen LogP contribution < -0.4 is 0 Å². The van der Waals surface area contributed by atoms with E-state index in [4.69, 9.17) is 8.92 Å². The Balaban J connectivity index is 1.31. The number of esters is 1. The molecule has 7 nitrogen and oxygen atoms in total. The molecule has 5 rings (SSSR count). The second kappa shape index (κ2) is 11.0. The van der Waals surface area contributed by atoms with E-state index in [1.807, 2.05) is 6.92 Å². The molecule has 0 spiro atoms. The number of hydrogen-bond donors (Lipinski definition) is 2. The Hall–Kier alpha value is -1.48. The van der Waals surface area contributed by atoms with Gasteiger partial charge in [0.05, 0.1) is 30.3 Å². The van der Waals surface area contributed by atoms with Gasteiger partial charge in [0, 0.05) is 6.42 Å². The zero-order valence-corrected chi connectivity index (χ0v) is 25.5. The van der Waals surface area contributed by atoms with E-state index in [0.29, 0.717) is 38.0 Å². The fourth-order valence-electron chi connectivity index (χ4n) is 9.79. The van der Waals surface area contributed by atoms with Crippen molar-refractivity contribution in [3.63, 3.8) is 0 Å². The lowest BCUT2D eigenvalue weighted by Gasteiger charge is -2.63. The Labute approximate surface area is 240 Å². The monoisotopic (exact) mass is 576 g/mol. The van der Waals surface area contributed by atoms with Crippen LogP contribution in [0.25, 0.3) is 0 Å². The Bertz CT molecular complexity index is 1180. The number of ether oxygens (including phenoxy) is 1. The molecule has 0 aromatic heterocycles. The van der Waals surface area contributed by atoms with Gasteiger partial charge in [-0.05, 0) is 117 Å². The van der Waals surface area contributed by atoms with Crippen LogP contribution in [0.5, 0.6) is 0 Å². The van der Waals surface area contributed by atoms with Crippen LogP contribution in [0.4, 0.5) is 0 Å². The van der Waals surface area contributed by atoms with Crippen LogP contribution in [0.3, 0.4) is 0 Å². The van der Waals surface area contributed by atoms with E-state index in [-0.39, 0.29) is 51.3 Å². The Morgan fingerprint density at radius 3 is 2.42 bits per heavy atom. The summed E-state index contributed by atoms with van der Waals surface area (Å²) < 4.78 is 36.6. The largest absolute Gasteiger partial charge is 0.469 e. The average molecular weight is 577 g/mol. The summed E-state index contributed by atoms with van der Waals surface area (Å²) in [5.74, 6) is 1.08. The summed E-state index contributed by atoms with van der Waals surface area (Å²) in [6.45, 7) is 8.66. The highest BCUT2D eigenvalue weighted by Crippen LogP contribution is 2.68. The van der Waals surface area contributed by atoms with Gasteiger partial charge < -0.3 is 14.9 Å². The standard InChI is InChI=1S/C32H48O7S/c1-19-6-9-23(10-7-19)40(36,37)39-22-14-15-31(3)21(16-22)17-27(33)30-25-12-11-24(20(2)8-13-29(35)38-5)32(25,4)28(34)18-26(30)31/h6-7,9-10,20-22,24-28,30,33-34H,8,11-18H2,1-5H3/t20-,21+,22-,24-,25+,26+,27-,28+,30+,31+,32-/m1/s1. The van der Waals surface area contributed by atoms with Crippen molar-refractivity contribution in [2.24, 2.45) is 46.3 Å². The molecule has 0 aliphatic heterocycles. The van der Waals surface area contributed by atoms with Crippen molar-refractivity contribution in [3.05, 3.63) is 29.8 Å². The van der Waals surface area contributed by atoms with Gasteiger partial charge in [0.1, 0.15) is 0 Å². The van der Waals surface area contributed by atoms with Gasteiger partial charge in [-0.2, -0.15) is 8.42 Å². The van der Waals surface area contributed by atoms with E-state index in [9.17, 15) is 23.4 Å². The molecule has 4 aliphatic rings. The normalized spacial score (nSPS) is 41.9. The van der Waals surface area contributed by atoms with Gasteiger partial charge in [-0.25, -0.2) is 0 Å². The summed E-state index contributed by atoms with van der Waals surface area (Å²) in [4.78, 5) is 12.0. The number of hydrogen-bond acceptors (Lipinski definition) is 7. The molecule has 1 aromatic rings. The third-order valence-corrected chi connectivity index (χ3v) is 13.5. The molecule has 0 heterocycles. The summed E-state index contributed by atoms with van der Waals surface area (Å²) in [6, 6.07) is 6.75. The van der Waals surface area contributed by atoms with Crippen molar-refractivity contribution in [2.75, 3.05) is 7.11 Å². The number of fused-ring (bicyclic) bond motifs is 5. The lowest BCUT2D eigenvalue weighted by molar-refractivity contribution is -0.206. The molecule has 8 heteroatoms. The maximum atomic E-state index is 13.0. The molecule has 0 unspecified atom stereocenters. The van der Waals surface area contributed by atoms with E-state index < -0.39 is 28.4 Å². The van der Waals surface area contributed by atoms with Crippen molar-refractivity contribution in [1.29, 1.82) is 0 Å². The van der Waals surface area contributed by atoms with Crippen LogP contribution in [0.1, 0.15) is 84.1 Å². The number of methoxy groups -OCH3 is 1. The molecule has 0 radical (unpaired) electrons. The SMILES string of the molecule is COC(=O)CC[C@@H](C)[C@H]1CC[C@H]2[C@@H]3[C@H](O)C[C@@H]4C[C@H](OS(=O)(=O)c5ccc(C)cc5)CC[C@]4(C)[C@H]3C[C@H](O)[C@]12C. The smallest absolute Gasteiger partial charge is 0.305 e. The predicted molar refractivity (Wildman–Crippen MR) is 152 cm³/mol. The zero-order valence-electron chi connectivity index (χ0n) is 24.7. The fourth-order valence-corrected chi connectivity index (χ4v) is 10.9. The first kappa shape index (κ1) is 30.0. The van der Waals surface area contributed by atoms with E-state index >= 15 is 0 Å². The molecular weight excluding hydrogens is 528 g/mol. The first-order chi connectivity index (χ1) is 18.8. The molecule has 40 heavy (non-hydrogen) atoms. The highest BCUT2D eigenvalue weighted by molar-refractivity contribution is 7.86. The number of aryl methyl sites for hydroxylation is 1. The molecule has 0 bridgehead atoms. The lowest BCUT2D eigenvalue weighted by atomic mass is 9.43. The van der Waals surface area contributed by atoms with E-state index in [1.165, 1.54) is 7.11 Å². The van der Waals surface area contributed by atoms with Crippen molar-refractivity contribution >= 4 is 16.1 Å². The highest BCUT2D eigenvalue weighted by Gasteiger charge is 2.65. The molecule has 4 fully saturated rings. The molecule has 0 amide bonds. The first-order valence-electron chi connectivity index (χ1n) is 15.2. The lowest BCUT2D eigenvalue weighted by Crippen LogP contribution is -2.62. The van der Waals surface area contributed by atoms with Gasteiger partial charge in [-0.3, -0.25) is 8.98 Å². The van der Waals surface area contributed by atoms with Crippen molar-refractivity contribution in [1.82, 2.24) is 0 Å². The molecule has 0 saturated heterocycles. The van der Waals surface area contributed by atoms with Crippen molar-refractivity contribution < 1.29 is 32.3 Å². The molecule has 4 saturated carbocycles. The Morgan fingerprint density at radius 2 is 1.75 bits per heavy atom. The van der Waals surface area contributed by atoms with Crippen LogP contribution in [-0.2, 0) is 23.8 Å². The predicted octanol–water partition coefficient (Wildman–Crippen LogP) is 5.26. The molecule has 11 atom stereocenters. The molecule has 1 aromatic carbocycles. The van der Waals surface area contributed by atoms with Crippen molar-refractivity contribution in [2.45, 2.75) is 109 Å². The third kappa shape index (κ3) is 5.05. The minimum atomic E-state index is -3.86. The minimum Gasteiger partial charge on any atom is -0.469 e. The van der Waals surface area contributed by atoms with Gasteiger partial charge in [0.25, 0.3) is 10.1 Å². The van der Waals surface area contributed by atoms with Gasteiger partial charge in [0.2, 0.25) is 0 Å². The second-order valence-electron chi connectivity index (χ2n) is 13.9. The average Bonchev–Trinajstić information content (AvgIpc) is 3.27. The van der Waals surface area contributed by atoms with Gasteiger partial charge >= 0.3 is 5.97 Å². The zero-order chi connectivity index (χ0) is 29.0. The number of carbonyl (C=O) groups excluding carboxylic acids is 1. The minimum absolute atomic E-state index is 0.0751. The van der Waals surface area contributed by atoms with Crippen LogP contribution in [-0.4, -0.2) is 50.0 Å². The summed E-state index contributed by atoms with van der Waals surface area (Å²) in [5, 5.41) is 23.4. The van der Waals surface area contributed by atoms with Crippen molar-refractivity contribution in [3.8, 4) is 0 Å². The van der Waals surface area contributed by atoms with Gasteiger partial charge in [-0.1, -0.05) is 38.5 Å².